The Morgan fingerprint density at radius 1 is 1.09 bits per heavy atom. The van der Waals surface area contributed by atoms with Crippen LogP contribution in [-0.4, -0.2) is 63.8 Å². The SMILES string of the molecule is CCC(C)(CC(C)(CC(C)(C)C(=O)S(NC[NH+]=C(N)CCCS)=PP)C(=O)S(=P)NNC(=O)OC(C)(C)C)C(=O)NCC(C)O.[Cl-]. The van der Waals surface area contributed by atoms with E-state index in [1.165, 1.54) is 0 Å². The Hall–Kier alpha value is -0.200. The van der Waals surface area contributed by atoms with Crippen LogP contribution in [0.5, 0.6) is 0 Å². The number of nitrogens with two attached hydrogens (primary N) is 1. The molecule has 0 saturated carbocycles. The molecule has 19 heteroatoms. The van der Waals surface area contributed by atoms with Gasteiger partial charge in [-0.25, -0.2) is 14.9 Å². The minimum absolute atomic E-state index is 0. The predicted molar refractivity (Wildman–Crippen MR) is 198 cm³/mol. The zero-order chi connectivity index (χ0) is 35.2. The Labute approximate surface area is 297 Å². The Bertz CT molecular complexity index is 1140. The Morgan fingerprint density at radius 3 is 2.15 bits per heavy atom. The number of aliphatic hydroxyl groups is 1. The molecule has 6 atom stereocenters. The van der Waals surface area contributed by atoms with Crippen molar-refractivity contribution in [1.82, 2.24) is 20.3 Å². The molecule has 0 heterocycles. The summed E-state index contributed by atoms with van der Waals surface area (Å²) >= 11 is 4.20. The molecule has 0 saturated heterocycles. The molecule has 0 aromatic carbocycles. The standard InChI is InChI=1S/C27H55N6O6P3S3.ClH/c1-10-26(8,20(35)29-14-18(2)34)16-27(9,22(37)44(41)33-32-23(38)39-24(3,4)5)15-25(6,7)21(36)45(42-40)31-17-30-19(28)12-11-13-43;/h18,31,33-34,41,43H,10-17,40H2,1-9H3,(H2,28,30)(H,29,35)(H,32,38);1H. The van der Waals surface area contributed by atoms with Crippen molar-refractivity contribution < 1.29 is 46.4 Å². The van der Waals surface area contributed by atoms with Gasteiger partial charge in [0.05, 0.1) is 6.10 Å². The molecule has 0 fully saturated rings. The fourth-order valence-electron chi connectivity index (χ4n) is 4.61. The molecule has 2 amide bonds. The van der Waals surface area contributed by atoms with Crippen molar-refractivity contribution in [1.29, 1.82) is 0 Å². The third-order valence-electron chi connectivity index (χ3n) is 6.79. The highest BCUT2D eigenvalue weighted by molar-refractivity contribution is 8.43. The van der Waals surface area contributed by atoms with Crippen LogP contribution in [0.3, 0.4) is 0 Å². The first-order valence-corrected chi connectivity index (χ1v) is 22.1. The Kier molecular flexibility index (Phi) is 22.7. The molecular formula is C27H56ClN6O6P3S3. The van der Waals surface area contributed by atoms with E-state index < -0.39 is 54.6 Å². The molecule has 0 bridgehead atoms. The quantitative estimate of drug-likeness (QED) is 0.0222. The van der Waals surface area contributed by atoms with Gasteiger partial charge in [0.2, 0.25) is 22.0 Å². The van der Waals surface area contributed by atoms with Crippen LogP contribution in [0.25, 0.3) is 0 Å². The molecule has 0 aliphatic carbocycles. The molecule has 0 aromatic rings. The van der Waals surface area contributed by atoms with Crippen molar-refractivity contribution in [2.45, 2.75) is 106 Å². The lowest BCUT2D eigenvalue weighted by molar-refractivity contribution is -0.461. The van der Waals surface area contributed by atoms with Crippen LogP contribution in [0, 0.1) is 16.2 Å². The van der Waals surface area contributed by atoms with E-state index in [0.29, 0.717) is 25.3 Å². The third kappa shape index (κ3) is 17.5. The maximum absolute atomic E-state index is 14.2. The molecular weight excluding hydrogens is 729 g/mol. The molecule has 270 valence electrons. The number of amides is 2. The largest absolute Gasteiger partial charge is 1.00 e. The van der Waals surface area contributed by atoms with E-state index in [-0.39, 0.29) is 47.9 Å². The lowest BCUT2D eigenvalue weighted by Crippen LogP contribution is -3.00. The van der Waals surface area contributed by atoms with Crippen molar-refractivity contribution in [3.63, 3.8) is 0 Å². The topological polar surface area (TPSA) is 186 Å². The summed E-state index contributed by atoms with van der Waals surface area (Å²) in [6.45, 7) is 16.1. The molecule has 0 radical (unpaired) electrons. The molecule has 6 unspecified atom stereocenters. The van der Waals surface area contributed by atoms with Gasteiger partial charge in [0.15, 0.2) is 0 Å². The van der Waals surface area contributed by atoms with Gasteiger partial charge in [-0.2, -0.15) is 17.5 Å². The van der Waals surface area contributed by atoms with Crippen LogP contribution >= 0.6 is 36.6 Å². The summed E-state index contributed by atoms with van der Waals surface area (Å²) in [6, 6.07) is 0. The second-order valence-corrected chi connectivity index (χ2v) is 21.0. The van der Waals surface area contributed by atoms with Crippen molar-refractivity contribution in [3.05, 3.63) is 0 Å². The van der Waals surface area contributed by atoms with Gasteiger partial charge in [-0.1, -0.05) is 51.6 Å². The van der Waals surface area contributed by atoms with Crippen LogP contribution in [0.4, 0.5) is 4.79 Å². The molecule has 8 N–H and O–H groups in total. The van der Waals surface area contributed by atoms with Gasteiger partial charge in [0.25, 0.3) is 0 Å². The highest BCUT2D eigenvalue weighted by Crippen LogP contribution is 2.46. The Balaban J connectivity index is 0. The molecule has 0 spiro atoms. The number of carbonyl (C=O) groups excluding carboxylic acids is 4. The van der Waals surface area contributed by atoms with Gasteiger partial charge in [0, 0.05) is 29.2 Å². The highest BCUT2D eigenvalue weighted by atomic mass is 35.5. The number of ether oxygens (including phenoxy) is 1. The number of nitrogens with one attached hydrogen (secondary N) is 5. The Morgan fingerprint density at radius 2 is 1.67 bits per heavy atom. The number of thiol groups is 1. The first kappa shape index (κ1) is 47.9. The van der Waals surface area contributed by atoms with E-state index in [4.69, 9.17) is 10.5 Å². The number of aliphatic hydroxyl groups excluding tert-OH is 1. The van der Waals surface area contributed by atoms with Crippen molar-refractivity contribution in [2.24, 2.45) is 22.0 Å². The zero-order valence-corrected chi connectivity index (χ0v) is 34.8. The van der Waals surface area contributed by atoms with Gasteiger partial charge in [-0.3, -0.25) is 25.1 Å². The lowest BCUT2D eigenvalue weighted by Gasteiger charge is -2.41. The van der Waals surface area contributed by atoms with E-state index in [2.05, 4.69) is 54.9 Å². The van der Waals surface area contributed by atoms with Crippen LogP contribution in [0.2, 0.25) is 0 Å². The van der Waals surface area contributed by atoms with E-state index in [1.807, 2.05) is 6.92 Å². The molecule has 46 heavy (non-hydrogen) atoms. The van der Waals surface area contributed by atoms with E-state index in [0.717, 1.165) is 19.2 Å². The fourth-order valence-corrected chi connectivity index (χ4v) is 10.7. The minimum atomic E-state index is -1.40. The summed E-state index contributed by atoms with van der Waals surface area (Å²) in [7, 11) is 4.47. The number of halogens is 1. The minimum Gasteiger partial charge on any atom is -1.00 e. The van der Waals surface area contributed by atoms with Crippen LogP contribution < -0.4 is 43.4 Å². The van der Waals surface area contributed by atoms with Gasteiger partial charge >= 0.3 is 6.09 Å². The van der Waals surface area contributed by atoms with Crippen LogP contribution in [0.15, 0.2) is 0 Å². The summed E-state index contributed by atoms with van der Waals surface area (Å²) in [5, 5.41) is 12.1. The molecule has 12 nitrogen and oxygen atoms in total. The van der Waals surface area contributed by atoms with Gasteiger partial charge < -0.3 is 27.6 Å². The van der Waals surface area contributed by atoms with E-state index >= 15 is 0 Å². The number of carbonyl (C=O) groups is 4. The molecule has 0 rings (SSSR count). The average Bonchev–Trinajstić information content (AvgIpc) is 2.93. The first-order valence-electron chi connectivity index (χ1n) is 14.7. The number of hydrazine groups is 1. The van der Waals surface area contributed by atoms with Gasteiger partial charge in [-0.15, -0.1) is 0 Å². The number of rotatable bonds is 18. The highest BCUT2D eigenvalue weighted by Gasteiger charge is 2.48. The van der Waals surface area contributed by atoms with Gasteiger partial charge in [0.1, 0.15) is 12.3 Å². The molecule has 0 aromatic heterocycles. The first-order chi connectivity index (χ1) is 20.6. The fraction of sp³-hybridized carbons (Fsp3) is 0.815. The lowest BCUT2D eigenvalue weighted by atomic mass is 9.65. The zero-order valence-electron chi connectivity index (χ0n) is 28.5. The van der Waals surface area contributed by atoms with Crippen LogP contribution in [0.1, 0.15) is 94.4 Å². The second-order valence-electron chi connectivity index (χ2n) is 13.1. The number of hydrogen-bond acceptors (Lipinski definition) is 7. The monoisotopic (exact) mass is 784 g/mol. The summed E-state index contributed by atoms with van der Waals surface area (Å²) < 4.78 is 8.50. The summed E-state index contributed by atoms with van der Waals surface area (Å²) in [5.41, 5.74) is 4.47. The number of amidine groups is 1. The maximum atomic E-state index is 14.2. The molecule has 0 aliphatic heterocycles. The van der Waals surface area contributed by atoms with E-state index in [9.17, 15) is 24.3 Å². The normalized spacial score (nSPS) is 17.0. The third-order valence-corrected chi connectivity index (χ3v) is 14.1. The summed E-state index contributed by atoms with van der Waals surface area (Å²) in [5.74, 6) is 1.02. The second kappa shape index (κ2) is 21.8. The smallest absolute Gasteiger partial charge is 0.422 e. The maximum Gasteiger partial charge on any atom is 0.422 e. The summed E-state index contributed by atoms with van der Waals surface area (Å²) in [6.07, 6.45) is 0.639. The molecule has 0 aliphatic rings. The van der Waals surface area contributed by atoms with Crippen molar-refractivity contribution >= 4 is 85.2 Å². The summed E-state index contributed by atoms with van der Waals surface area (Å²) in [4.78, 5) is 59.6. The average molecular weight is 785 g/mol. The van der Waals surface area contributed by atoms with Crippen molar-refractivity contribution in [3.8, 4) is 0 Å². The van der Waals surface area contributed by atoms with Crippen molar-refractivity contribution in [2.75, 3.05) is 19.0 Å². The van der Waals surface area contributed by atoms with Crippen LogP contribution in [-0.2, 0) is 39.6 Å². The predicted octanol–water partition coefficient (Wildman–Crippen LogP) is -0.730. The number of hydrogen-bond donors (Lipinski definition) is 8. The van der Waals surface area contributed by atoms with Gasteiger partial charge in [-0.05, 0) is 86.7 Å². The van der Waals surface area contributed by atoms with E-state index in [1.54, 1.807) is 55.4 Å².